The van der Waals surface area contributed by atoms with E-state index in [9.17, 15) is 9.59 Å². The fraction of sp³-hybridized carbons (Fsp3) is 0.185. The van der Waals surface area contributed by atoms with Gasteiger partial charge in [0.15, 0.2) is 0 Å². The Morgan fingerprint density at radius 2 is 1.89 bits per heavy atom. The van der Waals surface area contributed by atoms with Gasteiger partial charge in [-0.2, -0.15) is 5.10 Å². The minimum Gasteiger partial charge on any atom is -0.338 e. The maximum absolute atomic E-state index is 13.1. The summed E-state index contributed by atoms with van der Waals surface area (Å²) in [7, 11) is 0. The Kier molecular flexibility index (Phi) is 6.36. The molecule has 0 aliphatic carbocycles. The fourth-order valence-electron chi connectivity index (χ4n) is 4.28. The lowest BCUT2D eigenvalue weighted by molar-refractivity contribution is 0.246. The van der Waals surface area contributed by atoms with E-state index in [1.54, 1.807) is 21.5 Å². The average molecular weight is 482 g/mol. The van der Waals surface area contributed by atoms with Crippen LogP contribution in [0, 0.1) is 6.92 Å². The average Bonchev–Trinajstić information content (AvgIpc) is 3.41. The van der Waals surface area contributed by atoms with Crippen LogP contribution in [0.15, 0.2) is 82.8 Å². The topological polar surface area (TPSA) is 105 Å². The van der Waals surface area contributed by atoms with Crippen LogP contribution in [0.5, 0.6) is 0 Å². The standard InChI is InChI=1S/C27H27N7O2/c1-3-28-27(36)32-26-29-16-22-13-21(14-23(25(22)31-26)34-11-7-10-30-34)20-12-18(2)33(24(35)15-20)17-19-8-5-4-6-9-19/h4-15H,3,16-17H2,1-2H3,(H3,28,29,31,32,36). The van der Waals surface area contributed by atoms with Crippen molar-refractivity contribution in [1.82, 2.24) is 25.0 Å². The van der Waals surface area contributed by atoms with E-state index in [-0.39, 0.29) is 11.6 Å². The van der Waals surface area contributed by atoms with Crippen molar-refractivity contribution in [2.24, 2.45) is 4.99 Å². The summed E-state index contributed by atoms with van der Waals surface area (Å²) in [5.74, 6) is 0.369. The number of nitrogens with zero attached hydrogens (tertiary/aromatic N) is 4. The molecule has 9 nitrogen and oxygen atoms in total. The molecule has 5 rings (SSSR count). The summed E-state index contributed by atoms with van der Waals surface area (Å²) < 4.78 is 3.53. The Hall–Kier alpha value is -4.66. The molecule has 2 aromatic carbocycles. The summed E-state index contributed by atoms with van der Waals surface area (Å²) >= 11 is 0. The molecule has 4 aromatic rings. The van der Waals surface area contributed by atoms with Gasteiger partial charge in [-0.05, 0) is 54.8 Å². The van der Waals surface area contributed by atoms with Gasteiger partial charge in [0.25, 0.3) is 5.56 Å². The zero-order valence-corrected chi connectivity index (χ0v) is 20.2. The second-order valence-electron chi connectivity index (χ2n) is 8.55. The molecule has 182 valence electrons. The van der Waals surface area contributed by atoms with E-state index in [0.29, 0.717) is 25.6 Å². The number of aliphatic imine (C=N–C) groups is 1. The quantitative estimate of drug-likeness (QED) is 0.405. The molecule has 3 N–H and O–H groups in total. The Morgan fingerprint density at radius 3 is 2.61 bits per heavy atom. The summed E-state index contributed by atoms with van der Waals surface area (Å²) in [5, 5.41) is 13.1. The van der Waals surface area contributed by atoms with Gasteiger partial charge in [-0.3, -0.25) is 10.1 Å². The van der Waals surface area contributed by atoms with E-state index >= 15 is 0 Å². The van der Waals surface area contributed by atoms with E-state index in [4.69, 9.17) is 0 Å². The normalized spacial score (nSPS) is 12.3. The van der Waals surface area contributed by atoms with Crippen molar-refractivity contribution in [1.29, 1.82) is 0 Å². The maximum Gasteiger partial charge on any atom is 0.321 e. The first kappa shape index (κ1) is 23.1. The molecule has 0 fully saturated rings. The van der Waals surface area contributed by atoms with Crippen molar-refractivity contribution in [2.45, 2.75) is 26.9 Å². The molecule has 36 heavy (non-hydrogen) atoms. The first-order chi connectivity index (χ1) is 17.5. The molecule has 0 bridgehead atoms. The van der Waals surface area contributed by atoms with Gasteiger partial charge in [0.2, 0.25) is 5.96 Å². The van der Waals surface area contributed by atoms with Crippen LogP contribution in [0.4, 0.5) is 10.5 Å². The predicted molar refractivity (Wildman–Crippen MR) is 141 cm³/mol. The van der Waals surface area contributed by atoms with Crippen molar-refractivity contribution < 1.29 is 4.79 Å². The molecule has 9 heteroatoms. The van der Waals surface area contributed by atoms with Crippen molar-refractivity contribution in [3.63, 3.8) is 0 Å². The minimum absolute atomic E-state index is 0.0585. The largest absolute Gasteiger partial charge is 0.338 e. The molecule has 0 unspecified atom stereocenters. The van der Waals surface area contributed by atoms with Gasteiger partial charge >= 0.3 is 6.03 Å². The van der Waals surface area contributed by atoms with Gasteiger partial charge in [0.1, 0.15) is 0 Å². The third-order valence-electron chi connectivity index (χ3n) is 6.02. The summed E-state index contributed by atoms with van der Waals surface area (Å²) in [6, 6.07) is 19.2. The molecule has 0 spiro atoms. The monoisotopic (exact) mass is 481 g/mol. The summed E-state index contributed by atoms with van der Waals surface area (Å²) in [6.45, 7) is 5.21. The lowest BCUT2D eigenvalue weighted by atomic mass is 9.99. The number of guanidine groups is 1. The molecule has 0 saturated carbocycles. The van der Waals surface area contributed by atoms with Crippen LogP contribution < -0.4 is 21.5 Å². The van der Waals surface area contributed by atoms with Crippen LogP contribution >= 0.6 is 0 Å². The van der Waals surface area contributed by atoms with Crippen molar-refractivity contribution in [3.05, 3.63) is 100 Å². The molecule has 0 radical (unpaired) electrons. The maximum atomic E-state index is 13.1. The second kappa shape index (κ2) is 9.91. The fourth-order valence-corrected chi connectivity index (χ4v) is 4.28. The number of carbonyl (C=O) groups excluding carboxylic acids is 1. The van der Waals surface area contributed by atoms with Crippen LogP contribution in [0.1, 0.15) is 23.7 Å². The summed E-state index contributed by atoms with van der Waals surface area (Å²) in [5.41, 5.74) is 6.15. The number of hydrogen-bond donors (Lipinski definition) is 3. The highest BCUT2D eigenvalue weighted by Crippen LogP contribution is 2.33. The second-order valence-corrected chi connectivity index (χ2v) is 8.55. The summed E-state index contributed by atoms with van der Waals surface area (Å²) in [6.07, 6.45) is 3.56. The van der Waals surface area contributed by atoms with Crippen LogP contribution in [-0.4, -0.2) is 32.9 Å². The number of carbonyl (C=O) groups is 1. The van der Waals surface area contributed by atoms with Crippen molar-refractivity contribution in [3.8, 4) is 16.8 Å². The first-order valence-corrected chi connectivity index (χ1v) is 11.8. The number of pyridine rings is 1. The van der Waals surface area contributed by atoms with Crippen LogP contribution in [0.25, 0.3) is 16.8 Å². The SMILES string of the molecule is CCNC(=O)NC1=NCc2cc(-c3cc(C)n(Cc4ccccc4)c(=O)c3)cc(-n3cccn3)c2N1. The molecular formula is C27H27N7O2. The molecule has 3 heterocycles. The number of fused-ring (bicyclic) bond motifs is 1. The zero-order chi connectivity index (χ0) is 25.1. The van der Waals surface area contributed by atoms with Crippen molar-refractivity contribution in [2.75, 3.05) is 11.9 Å². The number of urea groups is 1. The highest BCUT2D eigenvalue weighted by atomic mass is 16.2. The van der Waals surface area contributed by atoms with E-state index < -0.39 is 0 Å². The number of aromatic nitrogens is 3. The third kappa shape index (κ3) is 4.76. The molecule has 0 atom stereocenters. The number of anilines is 1. The highest BCUT2D eigenvalue weighted by Gasteiger charge is 2.20. The van der Waals surface area contributed by atoms with Gasteiger partial charge in [-0.25, -0.2) is 14.5 Å². The van der Waals surface area contributed by atoms with Gasteiger partial charge < -0.3 is 15.2 Å². The Labute approximate surface area is 208 Å². The van der Waals surface area contributed by atoms with E-state index in [0.717, 1.165) is 39.3 Å². The highest BCUT2D eigenvalue weighted by molar-refractivity contribution is 6.06. The Bertz CT molecular complexity index is 1490. The van der Waals surface area contributed by atoms with Crippen LogP contribution in [-0.2, 0) is 13.1 Å². The minimum atomic E-state index is -0.323. The zero-order valence-electron chi connectivity index (χ0n) is 20.2. The number of amides is 2. The molecule has 1 aliphatic heterocycles. The molecule has 2 amide bonds. The van der Waals surface area contributed by atoms with Gasteiger partial charge in [-0.15, -0.1) is 0 Å². The number of benzene rings is 2. The smallest absolute Gasteiger partial charge is 0.321 e. The van der Waals surface area contributed by atoms with E-state index in [1.807, 2.05) is 74.6 Å². The number of hydrogen-bond acceptors (Lipinski definition) is 5. The molecule has 1 aliphatic rings. The van der Waals surface area contributed by atoms with Gasteiger partial charge in [0, 0.05) is 36.3 Å². The first-order valence-electron chi connectivity index (χ1n) is 11.8. The lowest BCUT2D eigenvalue weighted by Gasteiger charge is -2.23. The number of nitrogens with one attached hydrogen (secondary N) is 3. The lowest BCUT2D eigenvalue weighted by Crippen LogP contribution is -2.43. The van der Waals surface area contributed by atoms with Gasteiger partial charge in [0.05, 0.1) is 24.5 Å². The predicted octanol–water partition coefficient (Wildman–Crippen LogP) is 3.66. The Balaban J connectivity index is 1.52. The van der Waals surface area contributed by atoms with Gasteiger partial charge in [-0.1, -0.05) is 30.3 Å². The number of rotatable bonds is 5. The third-order valence-corrected chi connectivity index (χ3v) is 6.02. The molecular weight excluding hydrogens is 454 g/mol. The van der Waals surface area contributed by atoms with Crippen LogP contribution in [0.3, 0.4) is 0 Å². The van der Waals surface area contributed by atoms with Crippen LogP contribution in [0.2, 0.25) is 0 Å². The molecule has 2 aromatic heterocycles. The number of aryl methyl sites for hydroxylation is 1. The molecule has 0 saturated heterocycles. The van der Waals surface area contributed by atoms with E-state index in [1.165, 1.54) is 0 Å². The van der Waals surface area contributed by atoms with E-state index in [2.05, 4.69) is 26.0 Å². The van der Waals surface area contributed by atoms with Crippen molar-refractivity contribution >= 4 is 17.7 Å². The summed E-state index contributed by atoms with van der Waals surface area (Å²) in [4.78, 5) is 29.6. The Morgan fingerprint density at radius 1 is 1.08 bits per heavy atom.